The molecule has 0 unspecified atom stereocenters. The number of hydrogen-bond donors (Lipinski definition) is 1. The summed E-state index contributed by atoms with van der Waals surface area (Å²) in [6.07, 6.45) is 7.23. The predicted molar refractivity (Wildman–Crippen MR) is 132 cm³/mol. The summed E-state index contributed by atoms with van der Waals surface area (Å²) in [6, 6.07) is 15.6. The maximum Gasteiger partial charge on any atom is 0.253 e. The van der Waals surface area contributed by atoms with Gasteiger partial charge in [-0.3, -0.25) is 9.59 Å². The number of benzene rings is 2. The molecule has 1 spiro atoms. The fraction of sp³-hybridized carbons (Fsp3) is 0.500. The van der Waals surface area contributed by atoms with Gasteiger partial charge < -0.3 is 19.7 Å². The summed E-state index contributed by atoms with van der Waals surface area (Å²) in [5.74, 6) is 1.79. The Morgan fingerprint density at radius 2 is 1.82 bits per heavy atom. The summed E-state index contributed by atoms with van der Waals surface area (Å²) in [5, 5.41) is 3.17. The first-order valence-corrected chi connectivity index (χ1v) is 12.5. The average molecular weight is 465 g/mol. The van der Waals surface area contributed by atoms with E-state index in [2.05, 4.69) is 17.4 Å². The van der Waals surface area contributed by atoms with Gasteiger partial charge in [0.2, 0.25) is 5.91 Å². The molecule has 1 N–H and O–H groups in total. The molecule has 6 nitrogen and oxygen atoms in total. The predicted octanol–water partition coefficient (Wildman–Crippen LogP) is 4.62. The summed E-state index contributed by atoms with van der Waals surface area (Å²) < 4.78 is 11.3. The van der Waals surface area contributed by atoms with Crippen molar-refractivity contribution in [1.82, 2.24) is 10.2 Å². The third kappa shape index (κ3) is 5.72. The number of para-hydroxylation sites is 1. The number of carbonyl (C=O) groups excluding carboxylic acids is 2. The fourth-order valence-corrected chi connectivity index (χ4v) is 5.12. The van der Waals surface area contributed by atoms with Crippen LogP contribution in [0.1, 0.15) is 60.9 Å². The van der Waals surface area contributed by atoms with E-state index in [1.165, 1.54) is 5.56 Å². The Kier molecular flexibility index (Phi) is 8.09. The zero-order valence-corrected chi connectivity index (χ0v) is 20.2. The number of likely N-dealkylation sites (tertiary alicyclic amines) is 1. The van der Waals surface area contributed by atoms with Gasteiger partial charge in [0.1, 0.15) is 11.5 Å². The van der Waals surface area contributed by atoms with Crippen LogP contribution in [0.4, 0.5) is 0 Å². The third-order valence-electron chi connectivity index (χ3n) is 7.24. The number of amides is 2. The van der Waals surface area contributed by atoms with E-state index >= 15 is 0 Å². The number of nitrogens with zero attached hydrogens (tertiary/aromatic N) is 1. The van der Waals surface area contributed by atoms with Gasteiger partial charge in [0.25, 0.3) is 5.91 Å². The highest BCUT2D eigenvalue weighted by Gasteiger charge is 2.41. The van der Waals surface area contributed by atoms with Crippen LogP contribution in [0.25, 0.3) is 0 Å². The van der Waals surface area contributed by atoms with Gasteiger partial charge in [0, 0.05) is 25.2 Å². The van der Waals surface area contributed by atoms with Gasteiger partial charge in [-0.1, -0.05) is 37.1 Å². The maximum absolute atomic E-state index is 13.3. The van der Waals surface area contributed by atoms with Crippen LogP contribution in [0, 0.1) is 5.41 Å². The second-order valence-electron chi connectivity index (χ2n) is 9.43. The number of rotatable bonds is 2. The van der Waals surface area contributed by atoms with Crippen molar-refractivity contribution in [3.05, 3.63) is 59.7 Å². The monoisotopic (exact) mass is 464 g/mol. The Morgan fingerprint density at radius 3 is 2.65 bits per heavy atom. The molecular weight excluding hydrogens is 428 g/mol. The lowest BCUT2D eigenvalue weighted by Crippen LogP contribution is -2.50. The molecule has 2 aromatic carbocycles. The number of ether oxygens (including phenoxy) is 2. The number of hydrogen-bond acceptors (Lipinski definition) is 4. The van der Waals surface area contributed by atoms with Crippen LogP contribution in [-0.2, 0) is 11.2 Å². The molecule has 182 valence electrons. The van der Waals surface area contributed by atoms with E-state index in [1.54, 1.807) is 13.2 Å². The number of fused-ring (bicyclic) bond motifs is 1. The highest BCUT2D eigenvalue weighted by molar-refractivity contribution is 5.95. The molecule has 0 atom stereocenters. The molecule has 2 heterocycles. The molecule has 0 aliphatic carbocycles. The van der Waals surface area contributed by atoms with E-state index < -0.39 is 5.41 Å². The van der Waals surface area contributed by atoms with Gasteiger partial charge >= 0.3 is 0 Å². The van der Waals surface area contributed by atoms with Crippen molar-refractivity contribution >= 4 is 11.8 Å². The highest BCUT2D eigenvalue weighted by atomic mass is 16.5. The summed E-state index contributed by atoms with van der Waals surface area (Å²) in [5.41, 5.74) is 1.50. The molecule has 2 aromatic rings. The van der Waals surface area contributed by atoms with E-state index in [-0.39, 0.29) is 11.8 Å². The lowest BCUT2D eigenvalue weighted by atomic mass is 9.73. The molecule has 0 radical (unpaired) electrons. The van der Waals surface area contributed by atoms with E-state index in [9.17, 15) is 9.59 Å². The van der Waals surface area contributed by atoms with Gasteiger partial charge in [-0.15, -0.1) is 0 Å². The first-order chi connectivity index (χ1) is 16.6. The number of carbonyl (C=O) groups is 2. The zero-order chi connectivity index (χ0) is 23.8. The molecule has 0 aromatic heterocycles. The van der Waals surface area contributed by atoms with Crippen molar-refractivity contribution in [3.63, 3.8) is 0 Å². The largest absolute Gasteiger partial charge is 0.497 e. The molecule has 2 amide bonds. The van der Waals surface area contributed by atoms with Gasteiger partial charge in [-0.05, 0) is 68.4 Å². The Labute approximate surface area is 202 Å². The lowest BCUT2D eigenvalue weighted by Gasteiger charge is -2.41. The molecule has 2 aliphatic rings. The normalized spacial score (nSPS) is 19.3. The highest BCUT2D eigenvalue weighted by Crippen LogP contribution is 2.38. The summed E-state index contributed by atoms with van der Waals surface area (Å²) >= 11 is 0. The molecule has 0 saturated carbocycles. The van der Waals surface area contributed by atoms with Crippen molar-refractivity contribution in [2.45, 2.75) is 51.4 Å². The van der Waals surface area contributed by atoms with Crippen LogP contribution in [0.3, 0.4) is 0 Å². The number of piperidine rings is 1. The van der Waals surface area contributed by atoms with Crippen molar-refractivity contribution in [1.29, 1.82) is 0 Å². The topological polar surface area (TPSA) is 67.9 Å². The molecule has 1 fully saturated rings. The molecule has 0 bridgehead atoms. The Bertz CT molecular complexity index is 982. The van der Waals surface area contributed by atoms with Gasteiger partial charge in [0.05, 0.1) is 19.1 Å². The standard InChI is InChI=1S/C28H36N2O4/c1-33-24-12-7-11-23(21-24)26(31)30-18-15-28(16-19-30)14-6-2-3-9-22-10-4-5-13-25(22)34-20-8-17-29-27(28)32/h4-5,7,10-13,21H,2-3,6,8-9,14-20H2,1H3,(H,29,32). The first kappa shape index (κ1) is 24.1. The van der Waals surface area contributed by atoms with Crippen LogP contribution in [0.5, 0.6) is 11.5 Å². The Balaban J connectivity index is 1.39. The zero-order valence-electron chi connectivity index (χ0n) is 20.2. The average Bonchev–Trinajstić information content (AvgIpc) is 2.88. The molecular formula is C28H36N2O4. The van der Waals surface area contributed by atoms with Gasteiger partial charge in [-0.2, -0.15) is 0 Å². The van der Waals surface area contributed by atoms with E-state index in [1.807, 2.05) is 35.2 Å². The van der Waals surface area contributed by atoms with E-state index in [4.69, 9.17) is 9.47 Å². The van der Waals surface area contributed by atoms with Crippen molar-refractivity contribution < 1.29 is 19.1 Å². The first-order valence-electron chi connectivity index (χ1n) is 12.5. The molecule has 6 heteroatoms. The van der Waals surface area contributed by atoms with Crippen LogP contribution < -0.4 is 14.8 Å². The summed E-state index contributed by atoms with van der Waals surface area (Å²) in [4.78, 5) is 28.3. The quantitative estimate of drug-likeness (QED) is 0.704. The van der Waals surface area contributed by atoms with Crippen molar-refractivity contribution in [3.8, 4) is 11.5 Å². The third-order valence-corrected chi connectivity index (χ3v) is 7.24. The second-order valence-corrected chi connectivity index (χ2v) is 9.43. The van der Waals surface area contributed by atoms with Gasteiger partial charge in [-0.25, -0.2) is 0 Å². The van der Waals surface area contributed by atoms with Crippen LogP contribution >= 0.6 is 0 Å². The summed E-state index contributed by atoms with van der Waals surface area (Å²) in [7, 11) is 1.60. The SMILES string of the molecule is COc1cccc(C(=O)N2CCC3(CCCCCc4ccccc4OCCCNC3=O)CC2)c1. The number of aryl methyl sites for hydroxylation is 1. The number of nitrogens with one attached hydrogen (secondary N) is 1. The van der Waals surface area contributed by atoms with E-state index in [0.717, 1.165) is 44.3 Å². The van der Waals surface area contributed by atoms with Crippen LogP contribution in [0.15, 0.2) is 48.5 Å². The van der Waals surface area contributed by atoms with Crippen molar-refractivity contribution in [2.24, 2.45) is 5.41 Å². The number of methoxy groups -OCH3 is 1. The van der Waals surface area contributed by atoms with E-state index in [0.29, 0.717) is 50.4 Å². The lowest BCUT2D eigenvalue weighted by molar-refractivity contribution is -0.134. The van der Waals surface area contributed by atoms with Crippen molar-refractivity contribution in [2.75, 3.05) is 33.4 Å². The minimum absolute atomic E-state index is 0.00543. The molecule has 1 saturated heterocycles. The summed E-state index contributed by atoms with van der Waals surface area (Å²) in [6.45, 7) is 2.39. The minimum Gasteiger partial charge on any atom is -0.497 e. The minimum atomic E-state index is -0.395. The Hall–Kier alpha value is -3.02. The van der Waals surface area contributed by atoms with Gasteiger partial charge in [0.15, 0.2) is 0 Å². The van der Waals surface area contributed by atoms with Crippen LogP contribution in [0.2, 0.25) is 0 Å². The Morgan fingerprint density at radius 1 is 1.00 bits per heavy atom. The maximum atomic E-state index is 13.3. The second kappa shape index (κ2) is 11.4. The molecule has 34 heavy (non-hydrogen) atoms. The van der Waals surface area contributed by atoms with Crippen LogP contribution in [-0.4, -0.2) is 50.1 Å². The smallest absolute Gasteiger partial charge is 0.253 e. The fourth-order valence-electron chi connectivity index (χ4n) is 5.12. The molecule has 2 aliphatic heterocycles. The molecule has 4 rings (SSSR count).